The molecule has 3 unspecified atom stereocenters. The average Bonchev–Trinajstić information content (AvgIpc) is 3.52. The topological polar surface area (TPSA) is 44.3 Å². The predicted octanol–water partition coefficient (Wildman–Crippen LogP) is 13.7. The maximum atomic E-state index is 7.27. The lowest BCUT2D eigenvalue weighted by Gasteiger charge is -2.20. The highest BCUT2D eigenvalue weighted by Gasteiger charge is 2.84. The molecule has 3 atom stereocenters. The van der Waals surface area contributed by atoms with Crippen molar-refractivity contribution in [2.45, 2.75) is 57.0 Å². The Morgan fingerprint density at radius 2 is 1.29 bits per heavy atom. The molecule has 0 N–H and O–H groups in total. The van der Waals surface area contributed by atoms with Gasteiger partial charge in [-0.1, -0.05) is 107 Å². The Morgan fingerprint density at radius 3 is 2.06 bits per heavy atom. The first-order valence-electron chi connectivity index (χ1n) is 22.3. The second-order valence-electron chi connectivity index (χ2n) is 18.4. The summed E-state index contributed by atoms with van der Waals surface area (Å²) in [5, 5.41) is 2.06. The van der Waals surface area contributed by atoms with Gasteiger partial charge in [0.25, 0.3) is 5.82 Å². The highest BCUT2D eigenvalue weighted by atomic mass is 16.6. The molecule has 6 nitrogen and oxygen atoms in total. The van der Waals surface area contributed by atoms with Gasteiger partial charge in [-0.25, -0.2) is 4.57 Å². The van der Waals surface area contributed by atoms with Crippen molar-refractivity contribution >= 4 is 33.0 Å². The number of fused-ring (bicyclic) bond motifs is 21. The maximum Gasteiger partial charge on any atom is 0.300 e. The van der Waals surface area contributed by atoms with E-state index in [1.807, 2.05) is 30.3 Å². The number of imidazole rings is 1. The second-order valence-corrected chi connectivity index (χ2v) is 18.4. The predicted molar refractivity (Wildman–Crippen MR) is 247 cm³/mol. The molecule has 1 fully saturated rings. The zero-order valence-corrected chi connectivity index (χ0v) is 35.5. The average molecular weight is 818 g/mol. The first-order chi connectivity index (χ1) is 30.9. The fraction of sp³-hybridized carbons (Fsp3) is 0.158. The summed E-state index contributed by atoms with van der Waals surface area (Å²) in [5.74, 6) is 4.56. The Labute approximate surface area is 364 Å². The van der Waals surface area contributed by atoms with Gasteiger partial charge in [0.05, 0.1) is 5.56 Å². The van der Waals surface area contributed by atoms with Gasteiger partial charge in [-0.3, -0.25) is 0 Å². The Balaban J connectivity index is 1.13. The van der Waals surface area contributed by atoms with Crippen molar-refractivity contribution in [3.05, 3.63) is 186 Å². The number of nitrogens with zero attached hydrogens (tertiary/aromatic N) is 3. The van der Waals surface area contributed by atoms with Crippen molar-refractivity contribution in [2.75, 3.05) is 0 Å². The molecule has 1 spiro atoms. The molecule has 14 rings (SSSR count). The van der Waals surface area contributed by atoms with E-state index in [0.717, 1.165) is 33.3 Å². The van der Waals surface area contributed by atoms with E-state index in [0.29, 0.717) is 23.0 Å². The number of pyridine rings is 1. The van der Waals surface area contributed by atoms with Crippen LogP contribution in [-0.2, 0) is 5.54 Å². The normalized spacial score (nSPS) is 18.4. The van der Waals surface area contributed by atoms with Gasteiger partial charge in [-0.2, -0.15) is 9.13 Å². The summed E-state index contributed by atoms with van der Waals surface area (Å²) in [7, 11) is 0. The number of aromatic nitrogens is 3. The number of benzene rings is 7. The number of ether oxygens (including phenoxy) is 2. The number of para-hydroxylation sites is 4. The first-order valence-corrected chi connectivity index (χ1v) is 22.3. The van der Waals surface area contributed by atoms with E-state index >= 15 is 0 Å². The quantitative estimate of drug-likeness (QED) is 0.166. The molecule has 302 valence electrons. The van der Waals surface area contributed by atoms with Crippen LogP contribution in [0.4, 0.5) is 0 Å². The third-order valence-corrected chi connectivity index (χ3v) is 14.4. The molecule has 7 aromatic carbocycles. The van der Waals surface area contributed by atoms with Gasteiger partial charge < -0.3 is 13.9 Å². The van der Waals surface area contributed by atoms with Crippen molar-refractivity contribution in [1.82, 2.24) is 4.57 Å². The lowest BCUT2D eigenvalue weighted by molar-refractivity contribution is -0.759. The summed E-state index contributed by atoms with van der Waals surface area (Å²) in [4.78, 5) is 0. The molecule has 1 aliphatic carbocycles. The van der Waals surface area contributed by atoms with E-state index in [4.69, 9.17) is 13.9 Å². The van der Waals surface area contributed by atoms with Crippen LogP contribution in [0.15, 0.2) is 168 Å². The van der Waals surface area contributed by atoms with Gasteiger partial charge in [0, 0.05) is 45.7 Å². The van der Waals surface area contributed by atoms with Crippen LogP contribution in [0.1, 0.15) is 73.7 Å². The number of hydrogen-bond donors (Lipinski definition) is 0. The summed E-state index contributed by atoms with van der Waals surface area (Å²) in [6.45, 7) is 9.36. The van der Waals surface area contributed by atoms with Crippen LogP contribution in [0, 0.1) is 0 Å². The smallest absolute Gasteiger partial charge is 0.300 e. The molecule has 0 saturated heterocycles. The summed E-state index contributed by atoms with van der Waals surface area (Å²) in [5.41, 5.74) is 16.4. The summed E-state index contributed by atoms with van der Waals surface area (Å²) in [6.07, 6.45) is 2.30. The first kappa shape index (κ1) is 35.2. The minimum Gasteiger partial charge on any atom is -0.455 e. The summed E-state index contributed by atoms with van der Waals surface area (Å²) in [6, 6.07) is 57.3. The summed E-state index contributed by atoms with van der Waals surface area (Å²) < 4.78 is 28.1. The van der Waals surface area contributed by atoms with Crippen molar-refractivity contribution < 1.29 is 23.0 Å². The molecule has 6 heteroatoms. The van der Waals surface area contributed by atoms with Crippen molar-refractivity contribution in [3.8, 4) is 62.5 Å². The Bertz CT molecular complexity index is 3530. The van der Waals surface area contributed by atoms with E-state index in [1.165, 1.54) is 61.4 Å². The molecule has 4 aliphatic rings. The fourth-order valence-electron chi connectivity index (χ4n) is 11.8. The SMILES string of the molecule is CC(C)c1cc(-c2ccccc2)cc(C(C)C)c1-n1c2[n+](c3ccccc31)C1(c3ccc4c(oc5cc6c(cc54)Oc4ccccc4O6)c3-2)C2c3ccccc3-c3cccc[n+]3C21. The second kappa shape index (κ2) is 12.4. The molecule has 63 heavy (non-hydrogen) atoms. The monoisotopic (exact) mass is 817 g/mol. The summed E-state index contributed by atoms with van der Waals surface area (Å²) >= 11 is 0. The molecule has 3 aliphatic heterocycles. The molecule has 10 aromatic rings. The molecule has 3 aromatic heterocycles. The van der Waals surface area contributed by atoms with E-state index < -0.39 is 5.54 Å². The zero-order chi connectivity index (χ0) is 41.9. The zero-order valence-electron chi connectivity index (χ0n) is 35.5. The highest BCUT2D eigenvalue weighted by molar-refractivity contribution is 6.11. The molecular weight excluding hydrogens is 775 g/mol. The lowest BCUT2D eigenvalue weighted by Crippen LogP contribution is -2.50. The third-order valence-electron chi connectivity index (χ3n) is 14.4. The van der Waals surface area contributed by atoms with Crippen molar-refractivity contribution in [2.24, 2.45) is 0 Å². The van der Waals surface area contributed by atoms with Gasteiger partial charge in [0.1, 0.15) is 22.8 Å². The van der Waals surface area contributed by atoms with Gasteiger partial charge >= 0.3 is 0 Å². The van der Waals surface area contributed by atoms with Crippen molar-refractivity contribution in [3.63, 3.8) is 0 Å². The van der Waals surface area contributed by atoms with Crippen LogP contribution in [0.5, 0.6) is 23.0 Å². The van der Waals surface area contributed by atoms with E-state index in [1.54, 1.807) is 0 Å². The van der Waals surface area contributed by atoms with E-state index in [-0.39, 0.29) is 23.8 Å². The fourth-order valence-corrected chi connectivity index (χ4v) is 11.8. The van der Waals surface area contributed by atoms with Crippen LogP contribution >= 0.6 is 0 Å². The molecule has 0 amide bonds. The molecular formula is C57H43N3O3+2. The third kappa shape index (κ3) is 4.47. The minimum atomic E-state index is -0.441. The van der Waals surface area contributed by atoms with Gasteiger partial charge in [0.2, 0.25) is 17.3 Å². The van der Waals surface area contributed by atoms with Crippen LogP contribution in [0.3, 0.4) is 0 Å². The maximum absolute atomic E-state index is 7.27. The highest BCUT2D eigenvalue weighted by Crippen LogP contribution is 2.72. The van der Waals surface area contributed by atoms with Gasteiger partial charge in [-0.05, 0) is 89.2 Å². The number of hydrogen-bond acceptors (Lipinski definition) is 3. The Kier molecular flexibility index (Phi) is 6.90. The standard InChI is InChI=1S/C57H43N3O3/c1-32(2)39-28-35(34-16-6-5-7-17-34)29-40(33(3)4)53(39)59-44-21-10-11-22-45(44)60-56(59)51-42(57(60)52-37-19-9-8-18-36(37)43-20-14-15-27-58(43)55(52)57)26-25-38-41-30-49-50(31-48(41)63-54(38)51)62-47-24-13-12-23-46(47)61-49/h5-33,52,55H,1-4H3/q+2. The van der Waals surface area contributed by atoms with Gasteiger partial charge in [0.15, 0.2) is 45.8 Å². The van der Waals surface area contributed by atoms with Gasteiger partial charge in [-0.15, -0.1) is 0 Å². The number of rotatable bonds is 4. The molecule has 0 radical (unpaired) electrons. The van der Waals surface area contributed by atoms with Crippen LogP contribution in [0.25, 0.3) is 72.4 Å². The number of furan rings is 1. The Morgan fingerprint density at radius 1 is 0.603 bits per heavy atom. The van der Waals surface area contributed by atoms with E-state index in [2.05, 4.69) is 175 Å². The van der Waals surface area contributed by atoms with Crippen molar-refractivity contribution in [1.29, 1.82) is 0 Å². The molecule has 1 saturated carbocycles. The largest absolute Gasteiger partial charge is 0.455 e. The van der Waals surface area contributed by atoms with E-state index in [9.17, 15) is 0 Å². The molecule has 0 bridgehead atoms. The lowest BCUT2D eigenvalue weighted by atomic mass is 9.88. The van der Waals surface area contributed by atoms with Crippen LogP contribution < -0.4 is 18.6 Å². The Hall–Kier alpha value is -7.44. The van der Waals surface area contributed by atoms with Crippen LogP contribution in [0.2, 0.25) is 0 Å². The molecule has 6 heterocycles. The minimum absolute atomic E-state index is 0.136. The van der Waals surface area contributed by atoms with Crippen LogP contribution in [-0.4, -0.2) is 4.57 Å².